The number of hydrogen-bond donors (Lipinski definition) is 2. The summed E-state index contributed by atoms with van der Waals surface area (Å²) >= 11 is 5.90. The molecule has 0 saturated carbocycles. The van der Waals surface area contributed by atoms with Crippen molar-refractivity contribution in [2.45, 2.75) is 6.42 Å². The summed E-state index contributed by atoms with van der Waals surface area (Å²) in [5, 5.41) is 10.6. The second-order valence-corrected chi connectivity index (χ2v) is 5.09. The van der Waals surface area contributed by atoms with Crippen LogP contribution < -0.4 is 10.2 Å². The van der Waals surface area contributed by atoms with Crippen LogP contribution in [0.15, 0.2) is 24.3 Å². The Labute approximate surface area is 122 Å². The van der Waals surface area contributed by atoms with Crippen molar-refractivity contribution < 1.29 is 4.79 Å². The SMILES string of the molecule is CNC(=O)Cc1c(N(C)C)n[nH]c1-c1ccc(Cl)cc1. The van der Waals surface area contributed by atoms with Crippen molar-refractivity contribution in [2.24, 2.45) is 0 Å². The summed E-state index contributed by atoms with van der Waals surface area (Å²) in [7, 11) is 5.42. The number of nitrogens with zero attached hydrogens (tertiary/aromatic N) is 2. The molecule has 0 unspecified atom stereocenters. The topological polar surface area (TPSA) is 61.0 Å². The lowest BCUT2D eigenvalue weighted by Crippen LogP contribution is -2.21. The largest absolute Gasteiger partial charge is 0.361 e. The Morgan fingerprint density at radius 2 is 2.00 bits per heavy atom. The summed E-state index contributed by atoms with van der Waals surface area (Å²) in [6, 6.07) is 7.44. The van der Waals surface area contributed by atoms with Gasteiger partial charge in [0.15, 0.2) is 5.82 Å². The Morgan fingerprint density at radius 1 is 1.35 bits per heavy atom. The Hall–Kier alpha value is -2.01. The van der Waals surface area contributed by atoms with Crippen LogP contribution in [0.5, 0.6) is 0 Å². The second-order valence-electron chi connectivity index (χ2n) is 4.65. The van der Waals surface area contributed by atoms with E-state index in [1.807, 2.05) is 43.3 Å². The number of rotatable bonds is 4. The lowest BCUT2D eigenvalue weighted by atomic mass is 10.0. The van der Waals surface area contributed by atoms with Gasteiger partial charge in [0.25, 0.3) is 0 Å². The highest BCUT2D eigenvalue weighted by molar-refractivity contribution is 6.30. The van der Waals surface area contributed by atoms with Crippen LogP contribution in [0, 0.1) is 0 Å². The summed E-state index contributed by atoms with van der Waals surface area (Å²) in [6.45, 7) is 0. The zero-order valence-electron chi connectivity index (χ0n) is 11.7. The van der Waals surface area contributed by atoms with E-state index in [0.29, 0.717) is 5.02 Å². The van der Waals surface area contributed by atoms with Gasteiger partial charge in [-0.3, -0.25) is 9.89 Å². The van der Waals surface area contributed by atoms with Gasteiger partial charge in [0.05, 0.1) is 12.1 Å². The van der Waals surface area contributed by atoms with Crippen LogP contribution in [0.3, 0.4) is 0 Å². The molecule has 2 rings (SSSR count). The van der Waals surface area contributed by atoms with Gasteiger partial charge in [0.2, 0.25) is 5.91 Å². The molecule has 0 radical (unpaired) electrons. The third-order valence-corrected chi connectivity index (χ3v) is 3.27. The fourth-order valence-corrected chi connectivity index (χ4v) is 2.12. The first-order valence-electron chi connectivity index (χ1n) is 6.24. The number of aromatic nitrogens is 2. The van der Waals surface area contributed by atoms with Crippen LogP contribution >= 0.6 is 11.6 Å². The number of carbonyl (C=O) groups is 1. The molecule has 0 saturated heterocycles. The third-order valence-electron chi connectivity index (χ3n) is 3.02. The highest BCUT2D eigenvalue weighted by atomic mass is 35.5. The van der Waals surface area contributed by atoms with Gasteiger partial charge < -0.3 is 10.2 Å². The molecular weight excluding hydrogens is 276 g/mol. The molecule has 1 amide bonds. The third kappa shape index (κ3) is 2.93. The number of hydrogen-bond acceptors (Lipinski definition) is 3. The average molecular weight is 293 g/mol. The van der Waals surface area contributed by atoms with E-state index in [-0.39, 0.29) is 12.3 Å². The Kier molecular flexibility index (Phi) is 4.29. The number of aromatic amines is 1. The van der Waals surface area contributed by atoms with E-state index in [0.717, 1.165) is 22.6 Å². The molecule has 20 heavy (non-hydrogen) atoms. The molecule has 0 fully saturated rings. The maximum absolute atomic E-state index is 11.7. The van der Waals surface area contributed by atoms with Crippen molar-refractivity contribution in [3.63, 3.8) is 0 Å². The zero-order valence-corrected chi connectivity index (χ0v) is 12.5. The van der Waals surface area contributed by atoms with Crippen LogP contribution in [0.2, 0.25) is 5.02 Å². The molecule has 5 nitrogen and oxygen atoms in total. The molecule has 0 aliphatic heterocycles. The molecule has 0 spiro atoms. The summed E-state index contributed by atoms with van der Waals surface area (Å²) in [4.78, 5) is 13.6. The Bertz CT molecular complexity index is 604. The van der Waals surface area contributed by atoms with E-state index < -0.39 is 0 Å². The predicted molar refractivity (Wildman–Crippen MR) is 81.1 cm³/mol. The number of benzene rings is 1. The van der Waals surface area contributed by atoms with Gasteiger partial charge in [-0.15, -0.1) is 0 Å². The normalized spacial score (nSPS) is 10.4. The van der Waals surface area contributed by atoms with Crippen molar-refractivity contribution in [1.82, 2.24) is 15.5 Å². The molecule has 0 aliphatic carbocycles. The molecule has 6 heteroatoms. The molecule has 1 aromatic carbocycles. The van der Waals surface area contributed by atoms with E-state index in [2.05, 4.69) is 15.5 Å². The van der Waals surface area contributed by atoms with Gasteiger partial charge >= 0.3 is 0 Å². The van der Waals surface area contributed by atoms with Crippen LogP contribution in [0.4, 0.5) is 5.82 Å². The highest BCUT2D eigenvalue weighted by Crippen LogP contribution is 2.29. The molecule has 0 bridgehead atoms. The molecule has 0 atom stereocenters. The number of carbonyl (C=O) groups excluding carboxylic acids is 1. The molecule has 0 aliphatic rings. The van der Waals surface area contributed by atoms with Crippen molar-refractivity contribution in [3.8, 4) is 11.3 Å². The number of likely N-dealkylation sites (N-methyl/N-ethyl adjacent to an activating group) is 1. The Morgan fingerprint density at radius 3 is 2.55 bits per heavy atom. The minimum Gasteiger partial charge on any atom is -0.361 e. The van der Waals surface area contributed by atoms with E-state index in [1.165, 1.54) is 0 Å². The average Bonchev–Trinajstić information content (AvgIpc) is 2.83. The van der Waals surface area contributed by atoms with Crippen molar-refractivity contribution in [3.05, 3.63) is 34.9 Å². The van der Waals surface area contributed by atoms with Gasteiger partial charge in [-0.1, -0.05) is 23.7 Å². The number of halogens is 1. The van der Waals surface area contributed by atoms with E-state index >= 15 is 0 Å². The van der Waals surface area contributed by atoms with Crippen LogP contribution in [-0.2, 0) is 11.2 Å². The van der Waals surface area contributed by atoms with Gasteiger partial charge in [0, 0.05) is 37.3 Å². The quantitative estimate of drug-likeness (QED) is 0.907. The number of nitrogens with one attached hydrogen (secondary N) is 2. The maximum atomic E-state index is 11.7. The van der Waals surface area contributed by atoms with Crippen molar-refractivity contribution in [2.75, 3.05) is 26.0 Å². The Balaban J connectivity index is 2.47. The number of anilines is 1. The monoisotopic (exact) mass is 292 g/mol. The van der Waals surface area contributed by atoms with E-state index in [4.69, 9.17) is 11.6 Å². The summed E-state index contributed by atoms with van der Waals surface area (Å²) < 4.78 is 0. The van der Waals surface area contributed by atoms with E-state index in [9.17, 15) is 4.79 Å². The minimum atomic E-state index is -0.0512. The lowest BCUT2D eigenvalue weighted by molar-refractivity contribution is -0.119. The van der Waals surface area contributed by atoms with Gasteiger partial charge in [-0.25, -0.2) is 0 Å². The summed E-state index contributed by atoms with van der Waals surface area (Å²) in [6.07, 6.45) is 0.276. The van der Waals surface area contributed by atoms with Gasteiger partial charge in [0.1, 0.15) is 0 Å². The van der Waals surface area contributed by atoms with Crippen molar-refractivity contribution >= 4 is 23.3 Å². The molecular formula is C14H17ClN4O. The highest BCUT2D eigenvalue weighted by Gasteiger charge is 2.18. The first-order chi connectivity index (χ1) is 9.52. The molecule has 106 valence electrons. The van der Waals surface area contributed by atoms with Crippen molar-refractivity contribution in [1.29, 1.82) is 0 Å². The van der Waals surface area contributed by atoms with Crippen LogP contribution in [0.25, 0.3) is 11.3 Å². The maximum Gasteiger partial charge on any atom is 0.224 e. The minimum absolute atomic E-state index is 0.0512. The number of amides is 1. The predicted octanol–water partition coefficient (Wildman–Crippen LogP) is 2.08. The second kappa shape index (κ2) is 5.96. The van der Waals surface area contributed by atoms with Crippen LogP contribution in [0.1, 0.15) is 5.56 Å². The zero-order chi connectivity index (χ0) is 14.7. The van der Waals surface area contributed by atoms with Gasteiger partial charge in [-0.05, 0) is 12.1 Å². The smallest absolute Gasteiger partial charge is 0.224 e. The fraction of sp³-hybridized carbons (Fsp3) is 0.286. The standard InChI is InChI=1S/C14H17ClN4O/c1-16-12(20)8-11-13(17-18-14(11)19(2)3)9-4-6-10(15)7-5-9/h4-7H,8H2,1-3H3,(H,16,20)(H,17,18). The fourth-order valence-electron chi connectivity index (χ4n) is 2.00. The molecule has 2 aromatic rings. The van der Waals surface area contributed by atoms with E-state index in [1.54, 1.807) is 7.05 Å². The first kappa shape index (κ1) is 14.4. The number of H-pyrrole nitrogens is 1. The lowest BCUT2D eigenvalue weighted by Gasteiger charge is -2.12. The first-order valence-corrected chi connectivity index (χ1v) is 6.61. The molecule has 2 N–H and O–H groups in total. The summed E-state index contributed by atoms with van der Waals surface area (Å²) in [5.74, 6) is 0.711. The molecule has 1 heterocycles. The molecule has 1 aromatic heterocycles. The van der Waals surface area contributed by atoms with Crippen LogP contribution in [-0.4, -0.2) is 37.2 Å². The van der Waals surface area contributed by atoms with Gasteiger partial charge in [-0.2, -0.15) is 5.10 Å². The summed E-state index contributed by atoms with van der Waals surface area (Å²) in [5.41, 5.74) is 2.67.